The van der Waals surface area contributed by atoms with Gasteiger partial charge in [0.25, 0.3) is 0 Å². The van der Waals surface area contributed by atoms with Gasteiger partial charge in [-0.1, -0.05) is 18.2 Å². The van der Waals surface area contributed by atoms with Gasteiger partial charge in [0.15, 0.2) is 11.5 Å². The molecular formula is C23H24FNO4. The number of hydrogen-bond donors (Lipinski definition) is 1. The minimum Gasteiger partial charge on any atom is -0.493 e. The second kappa shape index (κ2) is 9.78. The largest absolute Gasteiger partial charge is 0.493 e. The fourth-order valence-corrected chi connectivity index (χ4v) is 3.18. The van der Waals surface area contributed by atoms with E-state index in [9.17, 15) is 9.18 Å². The zero-order valence-corrected chi connectivity index (χ0v) is 16.5. The molecule has 1 unspecified atom stereocenters. The highest BCUT2D eigenvalue weighted by Crippen LogP contribution is 2.27. The zero-order valence-electron chi connectivity index (χ0n) is 16.5. The molecule has 0 fully saturated rings. The average molecular weight is 397 g/mol. The molecule has 3 rings (SSSR count). The summed E-state index contributed by atoms with van der Waals surface area (Å²) in [7, 11) is 3.18. The molecule has 29 heavy (non-hydrogen) atoms. The number of carbonyl (C=O) groups excluding carboxylic acids is 1. The van der Waals surface area contributed by atoms with Gasteiger partial charge in [-0.2, -0.15) is 0 Å². The lowest BCUT2D eigenvalue weighted by Gasteiger charge is -2.17. The summed E-state index contributed by atoms with van der Waals surface area (Å²) in [5.74, 6) is 1.09. The summed E-state index contributed by atoms with van der Waals surface area (Å²) in [5, 5.41) is 2.98. The van der Waals surface area contributed by atoms with Crippen LogP contribution in [0.25, 0.3) is 0 Å². The van der Waals surface area contributed by atoms with Crippen molar-refractivity contribution < 1.29 is 23.1 Å². The molecule has 6 heteroatoms. The first-order chi connectivity index (χ1) is 14.1. The van der Waals surface area contributed by atoms with Crippen LogP contribution in [0.5, 0.6) is 11.5 Å². The van der Waals surface area contributed by atoms with Crippen molar-refractivity contribution in [1.82, 2.24) is 5.32 Å². The van der Waals surface area contributed by atoms with Crippen LogP contribution in [0.15, 0.2) is 65.3 Å². The van der Waals surface area contributed by atoms with Crippen molar-refractivity contribution in [2.75, 3.05) is 20.8 Å². The van der Waals surface area contributed by atoms with Crippen LogP contribution in [-0.4, -0.2) is 26.7 Å². The van der Waals surface area contributed by atoms with E-state index in [-0.39, 0.29) is 11.7 Å². The first-order valence-electron chi connectivity index (χ1n) is 9.37. The lowest BCUT2D eigenvalue weighted by atomic mass is 9.93. The van der Waals surface area contributed by atoms with Gasteiger partial charge in [-0.05, 0) is 53.9 Å². The van der Waals surface area contributed by atoms with E-state index >= 15 is 0 Å². The van der Waals surface area contributed by atoms with E-state index in [1.54, 1.807) is 38.7 Å². The Balaban J connectivity index is 1.66. The van der Waals surface area contributed by atoms with Crippen molar-refractivity contribution in [1.29, 1.82) is 0 Å². The fourth-order valence-electron chi connectivity index (χ4n) is 3.18. The average Bonchev–Trinajstić information content (AvgIpc) is 3.26. The molecule has 0 aliphatic rings. The van der Waals surface area contributed by atoms with Gasteiger partial charge in [0.05, 0.1) is 26.4 Å². The fraction of sp³-hybridized carbons (Fsp3) is 0.261. The number of rotatable bonds is 9. The number of nitrogens with one attached hydrogen (secondary N) is 1. The predicted octanol–water partition coefficient (Wildman–Crippen LogP) is 4.12. The third-order valence-electron chi connectivity index (χ3n) is 4.74. The van der Waals surface area contributed by atoms with Crippen molar-refractivity contribution in [3.63, 3.8) is 0 Å². The van der Waals surface area contributed by atoms with Crippen LogP contribution in [0.2, 0.25) is 0 Å². The SMILES string of the molecule is COc1ccc(CCNC(=O)C(Cc2ccco2)c2ccc(F)cc2)cc1OC. The Labute approximate surface area is 169 Å². The molecule has 1 atom stereocenters. The quantitative estimate of drug-likeness (QED) is 0.590. The molecule has 0 bridgehead atoms. The van der Waals surface area contributed by atoms with Gasteiger partial charge < -0.3 is 19.2 Å². The van der Waals surface area contributed by atoms with Crippen LogP contribution in [0.3, 0.4) is 0 Å². The van der Waals surface area contributed by atoms with Gasteiger partial charge in [-0.25, -0.2) is 4.39 Å². The number of furan rings is 1. The number of ether oxygens (including phenoxy) is 2. The van der Waals surface area contributed by atoms with E-state index in [1.165, 1.54) is 12.1 Å². The molecule has 0 saturated heterocycles. The highest BCUT2D eigenvalue weighted by Gasteiger charge is 2.22. The number of hydrogen-bond acceptors (Lipinski definition) is 4. The summed E-state index contributed by atoms with van der Waals surface area (Å²) in [4.78, 5) is 12.9. The second-order valence-corrected chi connectivity index (χ2v) is 6.62. The van der Waals surface area contributed by atoms with Crippen LogP contribution < -0.4 is 14.8 Å². The molecule has 0 aliphatic carbocycles. The molecule has 1 aromatic heterocycles. The molecule has 2 aromatic carbocycles. The second-order valence-electron chi connectivity index (χ2n) is 6.62. The summed E-state index contributed by atoms with van der Waals surface area (Å²) in [5.41, 5.74) is 1.76. The Hall–Kier alpha value is -3.28. The molecule has 0 saturated carbocycles. The summed E-state index contributed by atoms with van der Waals surface area (Å²) < 4.78 is 29.3. The van der Waals surface area contributed by atoms with Crippen LogP contribution in [0.4, 0.5) is 4.39 Å². The smallest absolute Gasteiger partial charge is 0.228 e. The maximum absolute atomic E-state index is 13.3. The highest BCUT2D eigenvalue weighted by atomic mass is 19.1. The molecule has 5 nitrogen and oxygen atoms in total. The van der Waals surface area contributed by atoms with Gasteiger partial charge >= 0.3 is 0 Å². The van der Waals surface area contributed by atoms with Gasteiger partial charge in [-0.15, -0.1) is 0 Å². The van der Waals surface area contributed by atoms with Crippen molar-refractivity contribution >= 4 is 5.91 Å². The molecular weight excluding hydrogens is 373 g/mol. The van der Waals surface area contributed by atoms with E-state index in [1.807, 2.05) is 24.3 Å². The summed E-state index contributed by atoms with van der Waals surface area (Å²) in [6, 6.07) is 15.3. The van der Waals surface area contributed by atoms with Gasteiger partial charge in [0, 0.05) is 13.0 Å². The van der Waals surface area contributed by atoms with E-state index in [2.05, 4.69) is 5.32 Å². The minimum absolute atomic E-state index is 0.131. The van der Waals surface area contributed by atoms with E-state index in [4.69, 9.17) is 13.9 Å². The van der Waals surface area contributed by atoms with E-state index < -0.39 is 5.92 Å². The van der Waals surface area contributed by atoms with Gasteiger partial charge in [0.1, 0.15) is 11.6 Å². The number of halogens is 1. The predicted molar refractivity (Wildman–Crippen MR) is 108 cm³/mol. The van der Waals surface area contributed by atoms with Crippen molar-refractivity contribution in [2.45, 2.75) is 18.8 Å². The van der Waals surface area contributed by atoms with Crippen LogP contribution >= 0.6 is 0 Å². The number of carbonyl (C=O) groups is 1. The van der Waals surface area contributed by atoms with E-state index in [0.717, 1.165) is 11.1 Å². The number of methoxy groups -OCH3 is 2. The zero-order chi connectivity index (χ0) is 20.6. The molecule has 1 N–H and O–H groups in total. The molecule has 0 radical (unpaired) electrons. The number of amides is 1. The summed E-state index contributed by atoms with van der Waals surface area (Å²) in [6.07, 6.45) is 2.62. The Morgan fingerprint density at radius 1 is 1.07 bits per heavy atom. The molecule has 1 amide bonds. The molecule has 3 aromatic rings. The van der Waals surface area contributed by atoms with Gasteiger partial charge in [0.2, 0.25) is 5.91 Å². The summed E-state index contributed by atoms with van der Waals surface area (Å²) >= 11 is 0. The Morgan fingerprint density at radius 3 is 2.48 bits per heavy atom. The third-order valence-corrected chi connectivity index (χ3v) is 4.74. The Bertz CT molecular complexity index is 923. The van der Waals surface area contributed by atoms with Crippen LogP contribution in [-0.2, 0) is 17.6 Å². The molecule has 152 valence electrons. The van der Waals surface area contributed by atoms with Crippen molar-refractivity contribution in [2.24, 2.45) is 0 Å². The Kier molecular flexibility index (Phi) is 6.89. The standard InChI is InChI=1S/C23H24FNO4/c1-27-21-10-5-16(14-22(21)28-2)11-12-25-23(26)20(15-19-4-3-13-29-19)17-6-8-18(24)9-7-17/h3-10,13-14,20H,11-12,15H2,1-2H3,(H,25,26). The normalized spacial score (nSPS) is 11.7. The van der Waals surface area contributed by atoms with Crippen LogP contribution in [0.1, 0.15) is 22.8 Å². The van der Waals surface area contributed by atoms with Crippen LogP contribution in [0, 0.1) is 5.82 Å². The van der Waals surface area contributed by atoms with Gasteiger partial charge in [-0.3, -0.25) is 4.79 Å². The van der Waals surface area contributed by atoms with E-state index in [0.29, 0.717) is 36.6 Å². The first-order valence-corrected chi connectivity index (χ1v) is 9.37. The first kappa shape index (κ1) is 20.5. The lowest BCUT2D eigenvalue weighted by molar-refractivity contribution is -0.122. The molecule has 1 heterocycles. The number of benzene rings is 2. The topological polar surface area (TPSA) is 60.7 Å². The third kappa shape index (κ3) is 5.38. The van der Waals surface area contributed by atoms with Crippen molar-refractivity contribution in [3.8, 4) is 11.5 Å². The molecule has 0 aliphatic heterocycles. The minimum atomic E-state index is -0.466. The maximum Gasteiger partial charge on any atom is 0.228 e. The van der Waals surface area contributed by atoms with Crippen molar-refractivity contribution in [3.05, 3.63) is 83.6 Å². The highest BCUT2D eigenvalue weighted by molar-refractivity contribution is 5.83. The summed E-state index contributed by atoms with van der Waals surface area (Å²) in [6.45, 7) is 0.462. The molecule has 0 spiro atoms. The lowest BCUT2D eigenvalue weighted by Crippen LogP contribution is -2.32. The Morgan fingerprint density at radius 2 is 1.83 bits per heavy atom. The monoisotopic (exact) mass is 397 g/mol. The maximum atomic E-state index is 13.3.